The van der Waals surface area contributed by atoms with Gasteiger partial charge in [0.1, 0.15) is 17.6 Å². The Morgan fingerprint density at radius 1 is 1.06 bits per heavy atom. The summed E-state index contributed by atoms with van der Waals surface area (Å²) in [4.78, 5) is 29.0. The molecular formula is C35H34ClN3O6S2. The number of Topliss-reactive ketones (excluding diaryl/α,β-unsaturated/α-hetero) is 1. The van der Waals surface area contributed by atoms with Crippen LogP contribution in [0.4, 0.5) is 5.13 Å². The number of hydrogen-bond donors (Lipinski definition) is 1. The van der Waals surface area contributed by atoms with Crippen LogP contribution >= 0.6 is 34.7 Å². The van der Waals surface area contributed by atoms with Crippen LogP contribution in [0.2, 0.25) is 5.02 Å². The van der Waals surface area contributed by atoms with E-state index in [4.69, 9.17) is 25.8 Å². The Labute approximate surface area is 286 Å². The van der Waals surface area contributed by atoms with Crippen molar-refractivity contribution in [2.24, 2.45) is 0 Å². The largest absolute Gasteiger partial charge is 0.507 e. The Morgan fingerprint density at radius 2 is 1.87 bits per heavy atom. The number of carbonyl (C=O) groups is 2. The highest BCUT2D eigenvalue weighted by molar-refractivity contribution is 8.00. The fourth-order valence-corrected chi connectivity index (χ4v) is 7.51. The quantitative estimate of drug-likeness (QED) is 0.0394. The second kappa shape index (κ2) is 14.4. The molecule has 0 saturated carbocycles. The van der Waals surface area contributed by atoms with E-state index in [2.05, 4.69) is 17.1 Å². The number of aliphatic hydroxyl groups is 1. The first kappa shape index (κ1) is 32.9. The summed E-state index contributed by atoms with van der Waals surface area (Å²) in [7, 11) is 0. The minimum Gasteiger partial charge on any atom is -0.507 e. The fourth-order valence-electron chi connectivity index (χ4n) is 5.56. The number of fused-ring (bicyclic) bond motifs is 1. The van der Waals surface area contributed by atoms with Gasteiger partial charge in [0, 0.05) is 22.8 Å². The van der Waals surface area contributed by atoms with Gasteiger partial charge < -0.3 is 19.3 Å². The number of ether oxygens (including phenoxy) is 3. The number of carbonyl (C=O) groups excluding carboxylic acids is 2. The maximum atomic E-state index is 13.8. The Hall–Kier alpha value is -4.06. The molecule has 4 aromatic rings. The number of rotatable bonds is 12. The minimum absolute atomic E-state index is 0.00665. The van der Waals surface area contributed by atoms with Gasteiger partial charge in [0.2, 0.25) is 5.13 Å². The van der Waals surface area contributed by atoms with Gasteiger partial charge in [-0.3, -0.25) is 14.5 Å². The maximum absolute atomic E-state index is 13.8. The zero-order valence-corrected chi connectivity index (χ0v) is 28.6. The van der Waals surface area contributed by atoms with Crippen LogP contribution in [-0.4, -0.2) is 46.3 Å². The summed E-state index contributed by atoms with van der Waals surface area (Å²) in [5, 5.41) is 21.3. The predicted molar refractivity (Wildman–Crippen MR) is 184 cm³/mol. The van der Waals surface area contributed by atoms with Gasteiger partial charge >= 0.3 is 5.91 Å². The number of unbranched alkanes of at least 4 members (excludes halogenated alkanes) is 1. The highest BCUT2D eigenvalue weighted by Crippen LogP contribution is 2.46. The number of halogens is 1. The number of hydrogen-bond acceptors (Lipinski definition) is 10. The lowest BCUT2D eigenvalue weighted by Crippen LogP contribution is -2.29. The van der Waals surface area contributed by atoms with E-state index in [0.29, 0.717) is 57.4 Å². The van der Waals surface area contributed by atoms with E-state index in [1.54, 1.807) is 30.3 Å². The van der Waals surface area contributed by atoms with Gasteiger partial charge in [0.25, 0.3) is 5.78 Å². The maximum Gasteiger partial charge on any atom is 0.301 e. The summed E-state index contributed by atoms with van der Waals surface area (Å²) in [5.41, 5.74) is 2.90. The molecule has 47 heavy (non-hydrogen) atoms. The smallest absolute Gasteiger partial charge is 0.301 e. The van der Waals surface area contributed by atoms with Gasteiger partial charge in [-0.2, -0.15) is 0 Å². The van der Waals surface area contributed by atoms with Gasteiger partial charge in [0.05, 0.1) is 24.8 Å². The lowest BCUT2D eigenvalue weighted by molar-refractivity contribution is -0.132. The number of benzene rings is 3. The first-order chi connectivity index (χ1) is 22.8. The van der Waals surface area contributed by atoms with Gasteiger partial charge in [0.15, 0.2) is 15.8 Å². The van der Waals surface area contributed by atoms with Crippen LogP contribution in [0.5, 0.6) is 17.2 Å². The van der Waals surface area contributed by atoms with Crippen molar-refractivity contribution in [3.63, 3.8) is 0 Å². The Morgan fingerprint density at radius 3 is 2.64 bits per heavy atom. The lowest BCUT2D eigenvalue weighted by Gasteiger charge is -2.23. The highest BCUT2D eigenvalue weighted by Gasteiger charge is 2.48. The van der Waals surface area contributed by atoms with Gasteiger partial charge in [-0.25, -0.2) is 0 Å². The van der Waals surface area contributed by atoms with Crippen molar-refractivity contribution in [3.8, 4) is 17.2 Å². The van der Waals surface area contributed by atoms with E-state index in [9.17, 15) is 14.7 Å². The second-order valence-corrected chi connectivity index (χ2v) is 13.8. The van der Waals surface area contributed by atoms with E-state index in [0.717, 1.165) is 29.7 Å². The van der Waals surface area contributed by atoms with Crippen molar-refractivity contribution >= 4 is 57.3 Å². The van der Waals surface area contributed by atoms with Crippen LogP contribution in [0.1, 0.15) is 61.9 Å². The van der Waals surface area contributed by atoms with Crippen LogP contribution in [0.25, 0.3) is 5.76 Å². The van der Waals surface area contributed by atoms with Gasteiger partial charge in [-0.1, -0.05) is 66.2 Å². The number of ketones is 1. The Balaban J connectivity index is 1.41. The third kappa shape index (κ3) is 6.97. The molecule has 1 saturated heterocycles. The van der Waals surface area contributed by atoms with Crippen LogP contribution < -0.4 is 19.1 Å². The molecule has 2 aliphatic heterocycles. The van der Waals surface area contributed by atoms with Gasteiger partial charge in [-0.05, 0) is 79.4 Å². The molecule has 1 N–H and O–H groups in total. The third-order valence-corrected chi connectivity index (χ3v) is 10.2. The van der Waals surface area contributed by atoms with Crippen molar-refractivity contribution < 1.29 is 28.9 Å². The molecule has 3 heterocycles. The molecule has 3 aromatic carbocycles. The molecule has 244 valence electrons. The number of anilines is 1. The molecule has 1 aromatic heterocycles. The summed E-state index contributed by atoms with van der Waals surface area (Å²) >= 11 is 8.70. The van der Waals surface area contributed by atoms with Gasteiger partial charge in [-0.15, -0.1) is 10.2 Å². The molecule has 0 bridgehead atoms. The van der Waals surface area contributed by atoms with Crippen molar-refractivity contribution in [3.05, 3.63) is 93.5 Å². The molecule has 1 fully saturated rings. The van der Waals surface area contributed by atoms with E-state index < -0.39 is 17.7 Å². The SMILES string of the molecule is CCCCOc1ccc([C@H]2/C(=C(\O)c3ccc4c(c3)C[C@H](C)O4)C(=O)C(=O)N2c2nnc(SCc3ccc(Cl)cc3)s2)cc1OCC. The lowest BCUT2D eigenvalue weighted by atomic mass is 9.94. The molecular weight excluding hydrogens is 658 g/mol. The van der Waals surface area contributed by atoms with E-state index >= 15 is 0 Å². The van der Waals surface area contributed by atoms with Crippen LogP contribution in [-0.2, 0) is 21.8 Å². The standard InChI is InChI=1S/C35H34ClN3O6S2/c1-4-6-15-44-27-14-9-22(18-28(27)43-5-2)30-29(31(40)23-10-13-26-24(17-23)16-20(3)45-26)32(41)33(42)39(30)34-37-38-35(47-34)46-19-21-7-11-25(36)12-8-21/h7-14,17-18,20,30,40H,4-6,15-16,19H2,1-3H3/b31-29+/t20-,30-/m0/s1. The molecule has 2 atom stereocenters. The average Bonchev–Trinajstić information content (AvgIpc) is 3.76. The third-order valence-electron chi connectivity index (χ3n) is 7.83. The normalized spacial score (nSPS) is 18.3. The van der Waals surface area contributed by atoms with Crippen molar-refractivity contribution in [1.82, 2.24) is 10.2 Å². The summed E-state index contributed by atoms with van der Waals surface area (Å²) in [6.07, 6.45) is 2.54. The summed E-state index contributed by atoms with van der Waals surface area (Å²) < 4.78 is 18.4. The molecule has 2 aliphatic rings. The first-order valence-corrected chi connectivity index (χ1v) is 17.7. The van der Waals surface area contributed by atoms with Crippen molar-refractivity contribution in [1.29, 1.82) is 0 Å². The summed E-state index contributed by atoms with van der Waals surface area (Å²) in [6.45, 7) is 6.84. The predicted octanol–water partition coefficient (Wildman–Crippen LogP) is 8.01. The zero-order valence-electron chi connectivity index (χ0n) is 26.2. The Kier molecular flexibility index (Phi) is 10.0. The first-order valence-electron chi connectivity index (χ1n) is 15.5. The second-order valence-electron chi connectivity index (χ2n) is 11.2. The molecule has 9 nitrogen and oxygen atoms in total. The average molecular weight is 692 g/mol. The number of aliphatic hydroxyl groups excluding tert-OH is 1. The molecule has 0 unspecified atom stereocenters. The fraction of sp³-hybridized carbons (Fsp3) is 0.314. The molecule has 6 rings (SSSR count). The zero-order chi connectivity index (χ0) is 33.1. The Bertz CT molecular complexity index is 1830. The number of nitrogens with zero attached hydrogens (tertiary/aromatic N) is 3. The number of aromatic nitrogens is 2. The van der Waals surface area contributed by atoms with Crippen molar-refractivity contribution in [2.75, 3.05) is 18.1 Å². The van der Waals surface area contributed by atoms with Crippen LogP contribution in [0, 0.1) is 0 Å². The topological polar surface area (TPSA) is 111 Å². The molecule has 0 radical (unpaired) electrons. The summed E-state index contributed by atoms with van der Waals surface area (Å²) in [6, 6.07) is 17.1. The molecule has 1 amide bonds. The van der Waals surface area contributed by atoms with Crippen LogP contribution in [0.15, 0.2) is 70.6 Å². The summed E-state index contributed by atoms with van der Waals surface area (Å²) in [5.74, 6) is 0.499. The monoisotopic (exact) mass is 691 g/mol. The van der Waals surface area contributed by atoms with E-state index in [1.807, 2.05) is 44.2 Å². The molecule has 0 aliphatic carbocycles. The number of amides is 1. The molecule has 0 spiro atoms. The van der Waals surface area contributed by atoms with E-state index in [-0.39, 0.29) is 22.6 Å². The minimum atomic E-state index is -0.996. The highest BCUT2D eigenvalue weighted by atomic mass is 35.5. The van der Waals surface area contributed by atoms with Crippen LogP contribution in [0.3, 0.4) is 0 Å². The number of thioether (sulfide) groups is 1. The van der Waals surface area contributed by atoms with Crippen molar-refractivity contribution in [2.45, 2.75) is 62.3 Å². The molecule has 12 heteroatoms. The van der Waals surface area contributed by atoms with E-state index in [1.165, 1.54) is 28.0 Å².